The quantitative estimate of drug-likeness (QED) is 0.213. The number of hydrogen-bond acceptors (Lipinski definition) is 5. The third kappa shape index (κ3) is 7.44. The largest absolute Gasteiger partial charge is 0.494 e. The molecular weight excluding hydrogens is 590 g/mol. The first-order valence-electron chi connectivity index (χ1n) is 10.9. The van der Waals surface area contributed by atoms with E-state index < -0.39 is 5.91 Å². The molecule has 2 amide bonds. The van der Waals surface area contributed by atoms with Gasteiger partial charge in [0, 0.05) is 11.4 Å². The van der Waals surface area contributed by atoms with Gasteiger partial charge in [-0.15, -0.1) is 0 Å². The van der Waals surface area contributed by atoms with Crippen LogP contribution >= 0.6 is 31.9 Å². The lowest BCUT2D eigenvalue weighted by atomic mass is 10.1. The van der Waals surface area contributed by atoms with Crippen LogP contribution in [0.3, 0.4) is 0 Å². The fourth-order valence-corrected chi connectivity index (χ4v) is 4.60. The Bertz CT molecular complexity index is 1310. The number of carbonyl (C=O) groups is 2. The van der Waals surface area contributed by atoms with Crippen molar-refractivity contribution >= 4 is 61.1 Å². The minimum absolute atomic E-state index is 0.0750. The van der Waals surface area contributed by atoms with Gasteiger partial charge in [0.05, 0.1) is 15.6 Å². The minimum Gasteiger partial charge on any atom is -0.494 e. The van der Waals surface area contributed by atoms with E-state index in [0.29, 0.717) is 38.3 Å². The Morgan fingerprint density at radius 2 is 1.67 bits per heavy atom. The van der Waals surface area contributed by atoms with Crippen molar-refractivity contribution in [3.63, 3.8) is 0 Å². The molecule has 3 aromatic carbocycles. The van der Waals surface area contributed by atoms with E-state index in [1.54, 1.807) is 36.4 Å². The third-order valence-electron chi connectivity index (χ3n) is 4.89. The Morgan fingerprint density at radius 3 is 2.28 bits per heavy atom. The van der Waals surface area contributed by atoms with Crippen LogP contribution in [0, 0.1) is 18.3 Å². The van der Waals surface area contributed by atoms with Crippen LogP contribution < -0.4 is 20.1 Å². The van der Waals surface area contributed by atoms with Crippen molar-refractivity contribution in [2.45, 2.75) is 13.8 Å². The molecule has 3 rings (SSSR count). The number of anilines is 2. The summed E-state index contributed by atoms with van der Waals surface area (Å²) in [6, 6.07) is 19.7. The number of nitriles is 1. The van der Waals surface area contributed by atoms with Gasteiger partial charge in [0.1, 0.15) is 23.1 Å². The van der Waals surface area contributed by atoms with Crippen molar-refractivity contribution in [1.29, 1.82) is 5.26 Å². The van der Waals surface area contributed by atoms with E-state index in [4.69, 9.17) is 9.47 Å². The lowest BCUT2D eigenvalue weighted by Crippen LogP contribution is -2.20. The predicted octanol–water partition coefficient (Wildman–Crippen LogP) is 6.48. The number of halogens is 2. The molecule has 0 aliphatic heterocycles. The standard InChI is InChI=1S/C27H23Br2N3O4/c1-3-35-21-10-8-20(9-11-21)31-27(34)19(15-30)12-18-13-22(28)26(23(29)14-18)36-16-25(33)32-24-7-5-4-6-17(24)2/h4-14H,3,16H2,1-2H3,(H,31,34)(H,32,33)/b19-12+. The second-order valence-corrected chi connectivity index (χ2v) is 9.26. The highest BCUT2D eigenvalue weighted by Crippen LogP contribution is 2.35. The van der Waals surface area contributed by atoms with Gasteiger partial charge in [-0.05, 0) is 105 Å². The highest BCUT2D eigenvalue weighted by Gasteiger charge is 2.14. The van der Waals surface area contributed by atoms with E-state index in [0.717, 1.165) is 11.3 Å². The Kier molecular flexibility index (Phi) is 9.68. The molecule has 3 aromatic rings. The Hall–Kier alpha value is -3.61. The van der Waals surface area contributed by atoms with E-state index in [1.807, 2.05) is 44.2 Å². The first-order chi connectivity index (χ1) is 17.3. The monoisotopic (exact) mass is 611 g/mol. The smallest absolute Gasteiger partial charge is 0.266 e. The first-order valence-corrected chi connectivity index (χ1v) is 12.5. The van der Waals surface area contributed by atoms with Crippen LogP contribution in [0.2, 0.25) is 0 Å². The molecule has 184 valence electrons. The zero-order valence-corrected chi connectivity index (χ0v) is 22.8. The summed E-state index contributed by atoms with van der Waals surface area (Å²) in [5.41, 5.74) is 2.72. The molecule has 0 spiro atoms. The summed E-state index contributed by atoms with van der Waals surface area (Å²) in [6.07, 6.45) is 1.47. The number of nitrogens with one attached hydrogen (secondary N) is 2. The molecule has 0 saturated carbocycles. The zero-order valence-electron chi connectivity index (χ0n) is 19.6. The fraction of sp³-hybridized carbons (Fsp3) is 0.148. The molecule has 7 nitrogen and oxygen atoms in total. The fourth-order valence-electron chi connectivity index (χ4n) is 3.15. The number of para-hydroxylation sites is 1. The summed E-state index contributed by atoms with van der Waals surface area (Å²) in [5.74, 6) is 0.271. The van der Waals surface area contributed by atoms with E-state index in [1.165, 1.54) is 6.08 Å². The molecule has 0 aliphatic rings. The number of carbonyl (C=O) groups excluding carboxylic acids is 2. The van der Waals surface area contributed by atoms with Gasteiger partial charge in [-0.2, -0.15) is 5.26 Å². The number of ether oxygens (including phenoxy) is 2. The highest BCUT2D eigenvalue weighted by molar-refractivity contribution is 9.11. The third-order valence-corrected chi connectivity index (χ3v) is 6.06. The van der Waals surface area contributed by atoms with Crippen molar-refractivity contribution in [3.8, 4) is 17.6 Å². The van der Waals surface area contributed by atoms with Crippen molar-refractivity contribution in [1.82, 2.24) is 0 Å². The molecule has 0 fully saturated rings. The van der Waals surface area contributed by atoms with E-state index in [2.05, 4.69) is 42.5 Å². The first kappa shape index (κ1) is 27.0. The molecular formula is C27H23Br2N3O4. The average Bonchev–Trinajstić information content (AvgIpc) is 2.84. The van der Waals surface area contributed by atoms with Crippen LogP contribution in [0.5, 0.6) is 11.5 Å². The van der Waals surface area contributed by atoms with Gasteiger partial charge in [0.2, 0.25) is 0 Å². The van der Waals surface area contributed by atoms with E-state index in [9.17, 15) is 14.9 Å². The molecule has 0 bridgehead atoms. The molecule has 0 atom stereocenters. The van der Waals surface area contributed by atoms with Gasteiger partial charge >= 0.3 is 0 Å². The molecule has 0 saturated heterocycles. The summed E-state index contributed by atoms with van der Waals surface area (Å²) < 4.78 is 12.2. The Labute approximate surface area is 226 Å². The van der Waals surface area contributed by atoms with Gasteiger partial charge in [-0.3, -0.25) is 9.59 Å². The molecule has 0 radical (unpaired) electrons. The van der Waals surface area contributed by atoms with Gasteiger partial charge < -0.3 is 20.1 Å². The van der Waals surface area contributed by atoms with Crippen LogP contribution in [0.1, 0.15) is 18.1 Å². The summed E-state index contributed by atoms with van der Waals surface area (Å²) >= 11 is 6.87. The van der Waals surface area contributed by atoms with Gasteiger partial charge in [-0.25, -0.2) is 0 Å². The van der Waals surface area contributed by atoms with Crippen molar-refractivity contribution < 1.29 is 19.1 Å². The summed E-state index contributed by atoms with van der Waals surface area (Å²) in [7, 11) is 0. The lowest BCUT2D eigenvalue weighted by Gasteiger charge is -2.12. The van der Waals surface area contributed by atoms with Crippen LogP contribution in [0.25, 0.3) is 6.08 Å². The lowest BCUT2D eigenvalue weighted by molar-refractivity contribution is -0.118. The summed E-state index contributed by atoms with van der Waals surface area (Å²) in [4.78, 5) is 24.9. The Morgan fingerprint density at radius 1 is 1.00 bits per heavy atom. The molecule has 0 heterocycles. The van der Waals surface area contributed by atoms with E-state index >= 15 is 0 Å². The van der Waals surface area contributed by atoms with Crippen LogP contribution in [-0.4, -0.2) is 25.0 Å². The molecule has 9 heteroatoms. The summed E-state index contributed by atoms with van der Waals surface area (Å²) in [6.45, 7) is 4.14. The molecule has 0 aromatic heterocycles. The topological polar surface area (TPSA) is 100 Å². The number of aryl methyl sites for hydroxylation is 1. The molecule has 2 N–H and O–H groups in total. The minimum atomic E-state index is -0.540. The number of hydrogen-bond donors (Lipinski definition) is 2. The summed E-state index contributed by atoms with van der Waals surface area (Å²) in [5, 5.41) is 15.1. The second-order valence-electron chi connectivity index (χ2n) is 7.55. The predicted molar refractivity (Wildman–Crippen MR) is 147 cm³/mol. The number of benzene rings is 3. The number of nitrogens with zero attached hydrogens (tertiary/aromatic N) is 1. The van der Waals surface area contributed by atoms with Gasteiger partial charge in [0.15, 0.2) is 6.61 Å². The van der Waals surface area contributed by atoms with Crippen LogP contribution in [-0.2, 0) is 9.59 Å². The maximum atomic E-state index is 12.6. The number of rotatable bonds is 9. The maximum Gasteiger partial charge on any atom is 0.266 e. The molecule has 36 heavy (non-hydrogen) atoms. The molecule has 0 unspecified atom stereocenters. The highest BCUT2D eigenvalue weighted by atomic mass is 79.9. The average molecular weight is 613 g/mol. The second kappa shape index (κ2) is 12.9. The number of amides is 2. The normalized spacial score (nSPS) is 10.8. The van der Waals surface area contributed by atoms with Gasteiger partial charge in [0.25, 0.3) is 11.8 Å². The van der Waals surface area contributed by atoms with Crippen LogP contribution in [0.4, 0.5) is 11.4 Å². The van der Waals surface area contributed by atoms with Crippen molar-refractivity contribution in [2.75, 3.05) is 23.8 Å². The van der Waals surface area contributed by atoms with Crippen LogP contribution in [0.15, 0.2) is 75.2 Å². The molecule has 0 aliphatic carbocycles. The van der Waals surface area contributed by atoms with Crippen molar-refractivity contribution in [2.24, 2.45) is 0 Å². The van der Waals surface area contributed by atoms with Crippen molar-refractivity contribution in [3.05, 3.63) is 86.3 Å². The van der Waals surface area contributed by atoms with E-state index in [-0.39, 0.29) is 18.1 Å². The zero-order chi connectivity index (χ0) is 26.1. The maximum absolute atomic E-state index is 12.6. The Balaban J connectivity index is 1.67. The SMILES string of the molecule is CCOc1ccc(NC(=O)/C(C#N)=C/c2cc(Br)c(OCC(=O)Nc3ccccc3C)c(Br)c2)cc1. The van der Waals surface area contributed by atoms with Gasteiger partial charge in [-0.1, -0.05) is 18.2 Å².